The van der Waals surface area contributed by atoms with E-state index in [9.17, 15) is 30.3 Å². The second kappa shape index (κ2) is 13.0. The number of hydrogen-bond donors (Lipinski definition) is 12. The molecular weight excluding hydrogens is 532 g/mol. The molecular formula is C24H46N6O10. The number of aliphatic hydroxyl groups is 6. The van der Waals surface area contributed by atoms with Crippen molar-refractivity contribution in [2.75, 3.05) is 26.3 Å². The third-order valence-electron chi connectivity index (χ3n) is 8.70. The molecule has 0 aromatic rings. The Kier molecular flexibility index (Phi) is 10.4. The van der Waals surface area contributed by atoms with Crippen LogP contribution in [0.15, 0.2) is 0 Å². The van der Waals surface area contributed by atoms with Crippen LogP contribution in [-0.2, 0) is 19.0 Å². The fraction of sp³-hybridized carbons (Fsp3) is 0.958. The highest BCUT2D eigenvalue weighted by molar-refractivity contribution is 5.89. The first-order chi connectivity index (χ1) is 18.9. The number of hydrogen-bond acceptors (Lipinski definition) is 15. The van der Waals surface area contributed by atoms with E-state index in [0.29, 0.717) is 25.9 Å². The zero-order chi connectivity index (χ0) is 29.4. The molecule has 16 heteroatoms. The summed E-state index contributed by atoms with van der Waals surface area (Å²) in [4.78, 5) is 12.9. The van der Waals surface area contributed by atoms with Crippen LogP contribution in [0.4, 0.5) is 0 Å². The Morgan fingerprint density at radius 3 is 2.33 bits per heavy atom. The highest BCUT2D eigenvalue weighted by Gasteiger charge is 2.59. The Labute approximate surface area is 232 Å². The van der Waals surface area contributed by atoms with E-state index >= 15 is 0 Å². The van der Waals surface area contributed by atoms with E-state index in [0.717, 1.165) is 0 Å². The molecule has 232 valence electrons. The average molecular weight is 579 g/mol. The summed E-state index contributed by atoms with van der Waals surface area (Å²) in [6.45, 7) is 0.222. The number of carbonyl (C=O) groups excluding carboxylic acids is 1. The van der Waals surface area contributed by atoms with Crippen LogP contribution < -0.4 is 33.6 Å². The predicted octanol–water partition coefficient (Wildman–Crippen LogP) is -6.75. The molecule has 2 saturated carbocycles. The van der Waals surface area contributed by atoms with Gasteiger partial charge >= 0.3 is 0 Å². The van der Waals surface area contributed by atoms with Crippen molar-refractivity contribution >= 4 is 5.91 Å². The molecule has 0 spiro atoms. The standard InChI is InChI=1S/C24H46N6O10/c25-10-2-1-9(7-29-3-4-31)38-20(10)15-11(26)5-12(30-23(36)24(37)6-14(24)27)21(18(15)34)40-22-19(35)16(28)17(33)13(8-32)39-22/h9-22,29,31-35,37H,1-8,25-28H2,(H,30,36). The lowest BCUT2D eigenvalue weighted by Gasteiger charge is -2.51. The van der Waals surface area contributed by atoms with E-state index in [1.165, 1.54) is 0 Å². The van der Waals surface area contributed by atoms with Crippen molar-refractivity contribution in [3.05, 3.63) is 0 Å². The largest absolute Gasteiger partial charge is 0.395 e. The molecule has 16 nitrogen and oxygen atoms in total. The smallest absolute Gasteiger partial charge is 0.253 e. The summed E-state index contributed by atoms with van der Waals surface area (Å²) in [6.07, 6.45) is -7.69. The van der Waals surface area contributed by atoms with Crippen molar-refractivity contribution in [2.24, 2.45) is 28.9 Å². The van der Waals surface area contributed by atoms with Gasteiger partial charge in [0, 0.05) is 43.6 Å². The quantitative estimate of drug-likeness (QED) is 0.107. The first kappa shape index (κ1) is 31.8. The number of aliphatic hydroxyl groups excluding tert-OH is 5. The van der Waals surface area contributed by atoms with Gasteiger partial charge < -0.3 is 78.4 Å². The van der Waals surface area contributed by atoms with Crippen molar-refractivity contribution in [1.29, 1.82) is 0 Å². The number of nitrogens with one attached hydrogen (secondary N) is 2. The van der Waals surface area contributed by atoms with Gasteiger partial charge in [-0.3, -0.25) is 4.79 Å². The minimum atomic E-state index is -1.75. The maximum Gasteiger partial charge on any atom is 0.253 e. The third-order valence-corrected chi connectivity index (χ3v) is 8.70. The molecule has 0 aromatic heterocycles. The van der Waals surface area contributed by atoms with Gasteiger partial charge in [0.05, 0.1) is 43.6 Å². The van der Waals surface area contributed by atoms with E-state index in [1.807, 2.05) is 0 Å². The fourth-order valence-electron chi connectivity index (χ4n) is 6.07. The number of ether oxygens (including phenoxy) is 3. The van der Waals surface area contributed by atoms with E-state index in [-0.39, 0.29) is 25.6 Å². The molecule has 40 heavy (non-hydrogen) atoms. The molecule has 4 aliphatic rings. The summed E-state index contributed by atoms with van der Waals surface area (Å²) >= 11 is 0. The van der Waals surface area contributed by atoms with Gasteiger partial charge in [-0.15, -0.1) is 0 Å². The molecule has 0 bridgehead atoms. The molecule has 1 amide bonds. The Bertz CT molecular complexity index is 861. The van der Waals surface area contributed by atoms with Gasteiger partial charge in [-0.05, 0) is 19.3 Å². The van der Waals surface area contributed by atoms with Crippen molar-refractivity contribution < 1.29 is 49.6 Å². The van der Waals surface area contributed by atoms with E-state index < -0.39 is 97.2 Å². The maximum atomic E-state index is 12.9. The number of nitrogens with two attached hydrogens (primary N) is 4. The van der Waals surface area contributed by atoms with Gasteiger partial charge in [0.1, 0.15) is 24.4 Å². The normalized spacial score (nSPS) is 49.5. The molecule has 2 aliphatic carbocycles. The summed E-state index contributed by atoms with van der Waals surface area (Å²) in [5.74, 6) is -1.50. The van der Waals surface area contributed by atoms with Crippen molar-refractivity contribution in [3.8, 4) is 0 Å². The maximum absolute atomic E-state index is 12.9. The molecule has 4 fully saturated rings. The summed E-state index contributed by atoms with van der Waals surface area (Å²) in [5, 5.41) is 67.5. The van der Waals surface area contributed by atoms with Gasteiger partial charge in [-0.1, -0.05) is 0 Å². The lowest BCUT2D eigenvalue weighted by molar-refractivity contribution is -0.306. The van der Waals surface area contributed by atoms with Crippen molar-refractivity contribution in [1.82, 2.24) is 10.6 Å². The first-order valence-electron chi connectivity index (χ1n) is 13.9. The summed E-state index contributed by atoms with van der Waals surface area (Å²) in [7, 11) is 0. The van der Waals surface area contributed by atoms with Crippen molar-refractivity contribution in [2.45, 2.75) is 111 Å². The zero-order valence-electron chi connectivity index (χ0n) is 22.4. The Balaban J connectivity index is 1.56. The van der Waals surface area contributed by atoms with Crippen LogP contribution in [0.5, 0.6) is 0 Å². The topological polar surface area (TPSA) is 294 Å². The van der Waals surface area contributed by atoms with Crippen LogP contribution in [0.3, 0.4) is 0 Å². The van der Waals surface area contributed by atoms with E-state index in [2.05, 4.69) is 10.6 Å². The van der Waals surface area contributed by atoms with Crippen LogP contribution in [0.25, 0.3) is 0 Å². The highest BCUT2D eigenvalue weighted by Crippen LogP contribution is 2.38. The van der Waals surface area contributed by atoms with Gasteiger partial charge in [-0.2, -0.15) is 0 Å². The molecule has 4 rings (SSSR count). The van der Waals surface area contributed by atoms with Gasteiger partial charge in [0.2, 0.25) is 0 Å². The van der Waals surface area contributed by atoms with Crippen LogP contribution in [0.1, 0.15) is 25.7 Å². The lowest BCUT2D eigenvalue weighted by atomic mass is 9.72. The van der Waals surface area contributed by atoms with Crippen LogP contribution in [0, 0.1) is 5.92 Å². The van der Waals surface area contributed by atoms with E-state index in [4.69, 9.17) is 42.3 Å². The summed E-state index contributed by atoms with van der Waals surface area (Å²) in [6, 6.07) is -4.08. The van der Waals surface area contributed by atoms with Crippen molar-refractivity contribution in [3.63, 3.8) is 0 Å². The van der Waals surface area contributed by atoms with Gasteiger partial charge in [-0.25, -0.2) is 0 Å². The number of carbonyl (C=O) groups is 1. The molecule has 2 aliphatic heterocycles. The second-order valence-electron chi connectivity index (χ2n) is 11.6. The minimum Gasteiger partial charge on any atom is -0.395 e. The molecule has 2 saturated heterocycles. The van der Waals surface area contributed by atoms with Gasteiger partial charge in [0.15, 0.2) is 11.9 Å². The summed E-state index contributed by atoms with van der Waals surface area (Å²) in [5.41, 5.74) is 22.9. The molecule has 0 aromatic carbocycles. The van der Waals surface area contributed by atoms with Crippen LogP contribution in [0.2, 0.25) is 0 Å². The molecule has 0 radical (unpaired) electrons. The van der Waals surface area contributed by atoms with Gasteiger partial charge in [0.25, 0.3) is 5.91 Å². The average Bonchev–Trinajstić information content (AvgIpc) is 3.55. The Morgan fingerprint density at radius 2 is 1.70 bits per heavy atom. The fourth-order valence-corrected chi connectivity index (χ4v) is 6.07. The second-order valence-corrected chi connectivity index (χ2v) is 11.6. The third kappa shape index (κ3) is 6.45. The number of rotatable bonds is 10. The molecule has 16 N–H and O–H groups in total. The number of amides is 1. The molecule has 2 heterocycles. The zero-order valence-corrected chi connectivity index (χ0v) is 22.4. The highest BCUT2D eigenvalue weighted by atomic mass is 16.7. The van der Waals surface area contributed by atoms with E-state index in [1.54, 1.807) is 0 Å². The molecule has 15 unspecified atom stereocenters. The Hall–Kier alpha value is -1.09. The first-order valence-corrected chi connectivity index (χ1v) is 13.9. The predicted molar refractivity (Wildman–Crippen MR) is 138 cm³/mol. The minimum absolute atomic E-state index is 0.0268. The monoisotopic (exact) mass is 578 g/mol. The SMILES string of the molecule is NC1CCC(CNCCO)OC1C1C(N)CC(NC(=O)C2(O)CC2N)C(OC2OC(CO)C(O)C(N)C2O)C1O. The van der Waals surface area contributed by atoms with Crippen LogP contribution >= 0.6 is 0 Å². The molecule has 15 atom stereocenters. The lowest BCUT2D eigenvalue weighted by Crippen LogP contribution is -2.69. The Morgan fingerprint density at radius 1 is 1.00 bits per heavy atom. The summed E-state index contributed by atoms with van der Waals surface area (Å²) < 4.78 is 17.9. The van der Waals surface area contributed by atoms with Crippen LogP contribution in [-0.4, -0.2) is 148 Å².